The fourth-order valence-corrected chi connectivity index (χ4v) is 7.63. The van der Waals surface area contributed by atoms with Crippen LogP contribution in [-0.2, 0) is 11.2 Å². The van der Waals surface area contributed by atoms with Gasteiger partial charge in [-0.3, -0.25) is 14.1 Å². The number of aromatic nitrogens is 3. The molecule has 0 spiro atoms. The fourth-order valence-electron chi connectivity index (χ4n) is 6.72. The molecule has 1 atom stereocenters. The fraction of sp³-hybridized carbons (Fsp3) is 0.361. The van der Waals surface area contributed by atoms with Gasteiger partial charge in [0.1, 0.15) is 22.3 Å². The number of aryl methyl sites for hydroxylation is 2. The number of nitrogens with zero attached hydrogens (tertiary/aromatic N) is 6. The van der Waals surface area contributed by atoms with Crippen molar-refractivity contribution in [3.63, 3.8) is 0 Å². The van der Waals surface area contributed by atoms with Gasteiger partial charge in [-0.1, -0.05) is 13.0 Å². The van der Waals surface area contributed by atoms with Gasteiger partial charge in [-0.05, 0) is 74.2 Å². The summed E-state index contributed by atoms with van der Waals surface area (Å²) in [7, 11) is 0. The molecule has 2 fully saturated rings. The van der Waals surface area contributed by atoms with Crippen molar-refractivity contribution in [3.8, 4) is 33.1 Å². The van der Waals surface area contributed by atoms with Crippen molar-refractivity contribution in [3.05, 3.63) is 82.5 Å². The van der Waals surface area contributed by atoms with Crippen molar-refractivity contribution in [2.24, 2.45) is 0 Å². The van der Waals surface area contributed by atoms with Gasteiger partial charge in [-0.2, -0.15) is 0 Å². The number of halogens is 2. The molecule has 5 heterocycles. The first kappa shape index (κ1) is 31.4. The van der Waals surface area contributed by atoms with Crippen molar-refractivity contribution in [2.45, 2.75) is 39.7 Å². The second-order valence-electron chi connectivity index (χ2n) is 12.5. The Bertz CT molecular complexity index is 1950. The SMILES string of the molecule is CCc1nc2c(C)cc(N3CCN(CC(=O)N4CC[C@H](O)C4)CC3)cn2c1-c1ccc(-c2nc(-c3ccc(F)cc3)cs2)c(C)c1F. The van der Waals surface area contributed by atoms with Crippen molar-refractivity contribution >= 4 is 28.6 Å². The number of aliphatic hydroxyl groups excluding tert-OH is 1. The molecule has 11 heteroatoms. The van der Waals surface area contributed by atoms with E-state index in [-0.39, 0.29) is 17.5 Å². The van der Waals surface area contributed by atoms with E-state index < -0.39 is 6.10 Å². The summed E-state index contributed by atoms with van der Waals surface area (Å²) < 4.78 is 31.9. The molecule has 1 amide bonds. The van der Waals surface area contributed by atoms with E-state index in [9.17, 15) is 14.3 Å². The average molecular weight is 657 g/mol. The number of imidazole rings is 1. The van der Waals surface area contributed by atoms with E-state index >= 15 is 4.39 Å². The molecule has 3 aromatic heterocycles. The molecule has 0 saturated carbocycles. The number of hydrogen-bond acceptors (Lipinski definition) is 7. The normalized spacial score (nSPS) is 17.3. The lowest BCUT2D eigenvalue weighted by Crippen LogP contribution is -2.50. The number of benzene rings is 2. The highest BCUT2D eigenvalue weighted by atomic mass is 32.1. The minimum Gasteiger partial charge on any atom is -0.391 e. The Balaban J connectivity index is 1.15. The number of likely N-dealkylation sites (tertiary alicyclic amines) is 1. The molecule has 2 aromatic carbocycles. The Labute approximate surface area is 276 Å². The summed E-state index contributed by atoms with van der Waals surface area (Å²) in [5.74, 6) is -0.524. The Hall–Kier alpha value is -4.19. The number of carbonyl (C=O) groups is 1. The van der Waals surface area contributed by atoms with Gasteiger partial charge in [0.05, 0.1) is 35.4 Å². The van der Waals surface area contributed by atoms with Crippen LogP contribution in [-0.4, -0.2) is 87.1 Å². The molecule has 0 bridgehead atoms. The zero-order chi connectivity index (χ0) is 32.8. The van der Waals surface area contributed by atoms with E-state index in [0.29, 0.717) is 48.6 Å². The van der Waals surface area contributed by atoms with Crippen molar-refractivity contribution in [1.29, 1.82) is 0 Å². The first-order valence-electron chi connectivity index (χ1n) is 16.2. The minimum absolute atomic E-state index is 0.0777. The smallest absolute Gasteiger partial charge is 0.236 e. The number of hydrogen-bond donors (Lipinski definition) is 1. The van der Waals surface area contributed by atoms with Gasteiger partial charge in [-0.25, -0.2) is 18.7 Å². The lowest BCUT2D eigenvalue weighted by molar-refractivity contribution is -0.131. The second kappa shape index (κ2) is 12.8. The van der Waals surface area contributed by atoms with E-state index in [2.05, 4.69) is 22.1 Å². The molecule has 2 saturated heterocycles. The third kappa shape index (κ3) is 6.03. The van der Waals surface area contributed by atoms with Crippen molar-refractivity contribution in [1.82, 2.24) is 24.2 Å². The van der Waals surface area contributed by atoms with Gasteiger partial charge in [0.2, 0.25) is 5.91 Å². The molecule has 2 aliphatic rings. The second-order valence-corrected chi connectivity index (χ2v) is 13.4. The maximum atomic E-state index is 16.4. The Morgan fingerprint density at radius 3 is 2.45 bits per heavy atom. The summed E-state index contributed by atoms with van der Waals surface area (Å²) in [6.07, 6.45) is 2.96. The van der Waals surface area contributed by atoms with E-state index in [1.54, 1.807) is 24.0 Å². The zero-order valence-electron chi connectivity index (χ0n) is 26.8. The summed E-state index contributed by atoms with van der Waals surface area (Å²) in [5.41, 5.74) is 7.72. The standard InChI is InChI=1S/C36H38F2N6O2S/c1-4-30-34(29-10-9-28(23(3)33(29)38)36-40-31(21-47-36)24-5-7-25(37)8-6-24)44-18-26(17-22(2)35(44)39-30)42-15-13-41(14-16-42)20-32(46)43-12-11-27(45)19-43/h5-10,17-18,21,27,45H,4,11-16,19-20H2,1-3H3/t27-/m0/s1. The molecular weight excluding hydrogens is 618 g/mol. The highest BCUT2D eigenvalue weighted by molar-refractivity contribution is 7.13. The van der Waals surface area contributed by atoms with Crippen LogP contribution >= 0.6 is 11.3 Å². The van der Waals surface area contributed by atoms with Crippen LogP contribution < -0.4 is 4.90 Å². The van der Waals surface area contributed by atoms with Crippen molar-refractivity contribution in [2.75, 3.05) is 50.7 Å². The summed E-state index contributed by atoms with van der Waals surface area (Å²) >= 11 is 1.44. The number of aliphatic hydroxyl groups is 1. The van der Waals surface area contributed by atoms with Gasteiger partial charge in [-0.15, -0.1) is 11.3 Å². The maximum Gasteiger partial charge on any atom is 0.236 e. The summed E-state index contributed by atoms with van der Waals surface area (Å²) in [6, 6.07) is 12.1. The van der Waals surface area contributed by atoms with Crippen molar-refractivity contribution < 1.29 is 18.7 Å². The topological polar surface area (TPSA) is 77.2 Å². The quantitative estimate of drug-likeness (QED) is 0.233. The highest BCUT2D eigenvalue weighted by Crippen LogP contribution is 2.37. The van der Waals surface area contributed by atoms with Gasteiger partial charge in [0.15, 0.2) is 0 Å². The molecule has 1 N–H and O–H groups in total. The highest BCUT2D eigenvalue weighted by Gasteiger charge is 2.28. The number of rotatable bonds is 7. The number of carbonyl (C=O) groups excluding carboxylic acids is 1. The van der Waals surface area contributed by atoms with E-state index in [0.717, 1.165) is 71.3 Å². The number of anilines is 1. The molecule has 0 unspecified atom stereocenters. The Morgan fingerprint density at radius 2 is 1.74 bits per heavy atom. The van der Waals surface area contributed by atoms with Gasteiger partial charge < -0.3 is 14.9 Å². The molecule has 7 rings (SSSR count). The molecule has 0 aliphatic carbocycles. The zero-order valence-corrected chi connectivity index (χ0v) is 27.7. The van der Waals surface area contributed by atoms with Gasteiger partial charge in [0.25, 0.3) is 0 Å². The summed E-state index contributed by atoms with van der Waals surface area (Å²) in [6.45, 7) is 10.3. The lowest BCUT2D eigenvalue weighted by Gasteiger charge is -2.36. The van der Waals surface area contributed by atoms with E-state index in [1.807, 2.05) is 35.8 Å². The van der Waals surface area contributed by atoms with Gasteiger partial charge in [0, 0.05) is 67.5 Å². The number of amides is 1. The third-order valence-electron chi connectivity index (χ3n) is 9.43. The largest absolute Gasteiger partial charge is 0.391 e. The summed E-state index contributed by atoms with van der Waals surface area (Å²) in [5, 5.41) is 12.4. The molecule has 0 radical (unpaired) electrons. The van der Waals surface area contributed by atoms with Crippen LogP contribution in [0, 0.1) is 25.5 Å². The molecule has 8 nitrogen and oxygen atoms in total. The number of fused-ring (bicyclic) bond motifs is 1. The minimum atomic E-state index is -0.411. The van der Waals surface area contributed by atoms with Crippen LogP contribution in [0.1, 0.15) is 30.2 Å². The third-order valence-corrected chi connectivity index (χ3v) is 10.3. The first-order valence-corrected chi connectivity index (χ1v) is 17.0. The number of β-amino-alcohol motifs (C(OH)–C–C–N with tert-alkyl or cyclic N) is 1. The van der Waals surface area contributed by atoms with Crippen LogP contribution in [0.3, 0.4) is 0 Å². The van der Waals surface area contributed by atoms with Crippen LogP contribution in [0.4, 0.5) is 14.5 Å². The summed E-state index contributed by atoms with van der Waals surface area (Å²) in [4.78, 5) is 28.7. The number of thiazole rings is 1. The van der Waals surface area contributed by atoms with Crippen LogP contribution in [0.15, 0.2) is 54.0 Å². The lowest BCUT2D eigenvalue weighted by atomic mass is 10.0. The Morgan fingerprint density at radius 1 is 1.00 bits per heavy atom. The monoisotopic (exact) mass is 656 g/mol. The molecule has 2 aliphatic heterocycles. The molecular formula is C36H38F2N6O2S. The van der Waals surface area contributed by atoms with Crippen LogP contribution in [0.5, 0.6) is 0 Å². The predicted octanol–water partition coefficient (Wildman–Crippen LogP) is 5.96. The maximum absolute atomic E-state index is 16.4. The van der Waals surface area contributed by atoms with Crippen LogP contribution in [0.25, 0.3) is 38.7 Å². The molecule has 47 heavy (non-hydrogen) atoms. The average Bonchev–Trinajstić information content (AvgIpc) is 3.82. The first-order chi connectivity index (χ1) is 22.7. The predicted molar refractivity (Wildman–Crippen MR) is 182 cm³/mol. The van der Waals surface area contributed by atoms with Gasteiger partial charge >= 0.3 is 0 Å². The van der Waals surface area contributed by atoms with E-state index in [4.69, 9.17) is 9.97 Å². The molecule has 244 valence electrons. The Kier molecular flexibility index (Phi) is 8.54. The van der Waals surface area contributed by atoms with E-state index in [1.165, 1.54) is 23.5 Å². The number of piperazine rings is 1. The van der Waals surface area contributed by atoms with Crippen LogP contribution in [0.2, 0.25) is 0 Å². The molecule has 5 aromatic rings. The number of pyridine rings is 1.